The summed E-state index contributed by atoms with van der Waals surface area (Å²) in [6.07, 6.45) is 1.56. The van der Waals surface area contributed by atoms with Gasteiger partial charge in [-0.1, -0.05) is 0 Å². The van der Waals surface area contributed by atoms with Gasteiger partial charge in [0, 0.05) is 26.2 Å². The number of nitrogen functional groups attached to an aromatic ring is 1. The molecule has 1 aromatic carbocycles. The zero-order chi connectivity index (χ0) is 21.5. The number of nitrogens with zero attached hydrogens (tertiary/aromatic N) is 1. The van der Waals surface area contributed by atoms with Gasteiger partial charge in [0.15, 0.2) is 0 Å². The maximum absolute atomic E-state index is 13.1. The summed E-state index contributed by atoms with van der Waals surface area (Å²) in [6, 6.07) is 3.39. The van der Waals surface area contributed by atoms with Crippen molar-refractivity contribution < 1.29 is 18.0 Å². The quantitative estimate of drug-likeness (QED) is 0.621. The first-order valence-electron chi connectivity index (χ1n) is 10.9. The summed E-state index contributed by atoms with van der Waals surface area (Å²) in [5.74, 6) is -1.50. The highest BCUT2D eigenvalue weighted by Gasteiger charge is 2.45. The molecule has 0 bridgehead atoms. The number of hydrogen-bond acceptors (Lipinski definition) is 4. The summed E-state index contributed by atoms with van der Waals surface area (Å²) in [7, 11) is 1.80. The van der Waals surface area contributed by atoms with E-state index in [9.17, 15) is 18.0 Å². The Morgan fingerprint density at radius 2 is 1.73 bits per heavy atom. The molecule has 1 saturated heterocycles. The number of rotatable bonds is 4. The van der Waals surface area contributed by atoms with Crippen LogP contribution in [0.2, 0.25) is 0 Å². The van der Waals surface area contributed by atoms with Crippen molar-refractivity contribution in [2.24, 2.45) is 11.3 Å². The summed E-state index contributed by atoms with van der Waals surface area (Å²) >= 11 is 0. The van der Waals surface area contributed by atoms with E-state index in [1.54, 1.807) is 13.1 Å². The molecular weight excluding hydrogens is 393 g/mol. The van der Waals surface area contributed by atoms with Crippen LogP contribution in [0.5, 0.6) is 0 Å². The van der Waals surface area contributed by atoms with E-state index in [2.05, 4.69) is 15.5 Å². The van der Waals surface area contributed by atoms with Crippen molar-refractivity contribution in [2.45, 2.75) is 63.6 Å². The molecule has 5 nitrogen and oxygen atoms in total. The van der Waals surface area contributed by atoms with Gasteiger partial charge in [0.2, 0.25) is 0 Å². The number of benzene rings is 1. The number of hydrogen-bond donors (Lipinski definition) is 3. The molecule has 1 spiro atoms. The zero-order valence-corrected chi connectivity index (χ0v) is 17.4. The van der Waals surface area contributed by atoms with Crippen molar-refractivity contribution in [3.05, 3.63) is 17.7 Å². The van der Waals surface area contributed by atoms with Crippen LogP contribution in [-0.2, 0) is 0 Å². The average molecular weight is 425 g/mol. The van der Waals surface area contributed by atoms with Crippen LogP contribution in [0, 0.1) is 11.3 Å². The second-order valence-electron chi connectivity index (χ2n) is 9.26. The van der Waals surface area contributed by atoms with Crippen molar-refractivity contribution >= 4 is 23.0 Å². The normalized spacial score (nSPS) is 25.8. The topological polar surface area (TPSA) is 70.4 Å². The summed E-state index contributed by atoms with van der Waals surface area (Å²) < 4.78 is 38.8. The van der Waals surface area contributed by atoms with Gasteiger partial charge in [-0.25, -0.2) is 0 Å². The molecule has 0 unspecified atom stereocenters. The SMILES string of the molecule is CNc1cc(N2CCC3(CC2)CC3)c(C(=O)NC2CCC(C(F)(F)F)CC2)cc1N. The van der Waals surface area contributed by atoms with Gasteiger partial charge in [0.05, 0.1) is 28.5 Å². The van der Waals surface area contributed by atoms with Crippen molar-refractivity contribution in [1.29, 1.82) is 0 Å². The first kappa shape index (κ1) is 21.1. The van der Waals surface area contributed by atoms with Gasteiger partial charge in [-0.2, -0.15) is 13.2 Å². The van der Waals surface area contributed by atoms with E-state index in [-0.39, 0.29) is 24.8 Å². The van der Waals surface area contributed by atoms with Crippen molar-refractivity contribution in [3.63, 3.8) is 0 Å². The Balaban J connectivity index is 1.48. The monoisotopic (exact) mass is 424 g/mol. The number of anilines is 3. The molecule has 4 N–H and O–H groups in total. The molecule has 0 atom stereocenters. The Morgan fingerprint density at radius 1 is 1.10 bits per heavy atom. The van der Waals surface area contributed by atoms with E-state index >= 15 is 0 Å². The second-order valence-corrected chi connectivity index (χ2v) is 9.26. The lowest BCUT2D eigenvalue weighted by molar-refractivity contribution is -0.182. The molecule has 1 heterocycles. The molecule has 2 aliphatic carbocycles. The van der Waals surface area contributed by atoms with E-state index in [1.165, 1.54) is 12.8 Å². The van der Waals surface area contributed by atoms with Crippen LogP contribution in [0.3, 0.4) is 0 Å². The summed E-state index contributed by atoms with van der Waals surface area (Å²) in [5, 5.41) is 6.05. The standard InChI is InChI=1S/C22H31F3N4O/c1-27-18-13-19(29-10-8-21(6-7-21)9-11-29)16(12-17(18)26)20(30)28-15-4-2-14(3-5-15)22(23,24)25/h12-15,27H,2-11,26H2,1H3,(H,28,30). The average Bonchev–Trinajstić information content (AvgIpc) is 3.47. The first-order valence-corrected chi connectivity index (χ1v) is 10.9. The van der Waals surface area contributed by atoms with Crippen LogP contribution in [0.25, 0.3) is 0 Å². The van der Waals surface area contributed by atoms with Crippen LogP contribution in [0.1, 0.15) is 61.7 Å². The number of carbonyl (C=O) groups is 1. The summed E-state index contributed by atoms with van der Waals surface area (Å²) in [4.78, 5) is 15.4. The van der Waals surface area contributed by atoms with Crippen LogP contribution in [0.4, 0.5) is 30.2 Å². The van der Waals surface area contributed by atoms with E-state index in [4.69, 9.17) is 5.73 Å². The smallest absolute Gasteiger partial charge is 0.391 e. The maximum atomic E-state index is 13.1. The third kappa shape index (κ3) is 4.32. The predicted molar refractivity (Wildman–Crippen MR) is 113 cm³/mol. The van der Waals surface area contributed by atoms with E-state index < -0.39 is 12.1 Å². The molecular formula is C22H31F3N4O. The molecule has 0 radical (unpaired) electrons. The number of nitrogens with one attached hydrogen (secondary N) is 2. The third-order valence-electron chi connectivity index (χ3n) is 7.33. The number of halogens is 3. The minimum atomic E-state index is -4.15. The highest BCUT2D eigenvalue weighted by atomic mass is 19.4. The van der Waals surface area contributed by atoms with Crippen LogP contribution < -0.4 is 21.3 Å². The van der Waals surface area contributed by atoms with Gasteiger partial charge < -0.3 is 21.3 Å². The molecule has 4 rings (SSSR count). The number of piperidine rings is 1. The van der Waals surface area contributed by atoms with Crippen molar-refractivity contribution in [3.8, 4) is 0 Å². The molecule has 3 fully saturated rings. The van der Waals surface area contributed by atoms with Crippen molar-refractivity contribution in [2.75, 3.05) is 36.1 Å². The molecule has 1 amide bonds. The Hall–Kier alpha value is -2.12. The Bertz CT molecular complexity index is 788. The Morgan fingerprint density at radius 3 is 2.27 bits per heavy atom. The van der Waals surface area contributed by atoms with Gasteiger partial charge in [-0.3, -0.25) is 4.79 Å². The largest absolute Gasteiger partial charge is 0.397 e. The minimum absolute atomic E-state index is 0.0658. The summed E-state index contributed by atoms with van der Waals surface area (Å²) in [6.45, 7) is 1.81. The van der Waals surface area contributed by atoms with Crippen LogP contribution in [0.15, 0.2) is 12.1 Å². The number of amides is 1. The van der Waals surface area contributed by atoms with Gasteiger partial charge in [-0.05, 0) is 68.9 Å². The molecule has 30 heavy (non-hydrogen) atoms. The lowest BCUT2D eigenvalue weighted by Gasteiger charge is -2.35. The zero-order valence-electron chi connectivity index (χ0n) is 17.4. The van der Waals surface area contributed by atoms with Crippen LogP contribution >= 0.6 is 0 Å². The lowest BCUT2D eigenvalue weighted by Crippen LogP contribution is -2.41. The molecule has 1 aliphatic heterocycles. The van der Waals surface area contributed by atoms with Crippen LogP contribution in [-0.4, -0.2) is 38.3 Å². The number of nitrogens with two attached hydrogens (primary N) is 1. The Labute approximate surface area is 175 Å². The molecule has 1 aromatic rings. The first-order chi connectivity index (χ1) is 14.2. The van der Waals surface area contributed by atoms with Crippen molar-refractivity contribution in [1.82, 2.24) is 5.32 Å². The number of carbonyl (C=O) groups excluding carboxylic acids is 1. The van der Waals surface area contributed by atoms with Gasteiger partial charge >= 0.3 is 6.18 Å². The highest BCUT2D eigenvalue weighted by Crippen LogP contribution is 2.54. The van der Waals surface area contributed by atoms with Gasteiger partial charge in [0.1, 0.15) is 0 Å². The highest BCUT2D eigenvalue weighted by molar-refractivity contribution is 6.02. The second kappa shape index (κ2) is 7.85. The van der Waals surface area contributed by atoms with Gasteiger partial charge in [-0.15, -0.1) is 0 Å². The molecule has 166 valence electrons. The maximum Gasteiger partial charge on any atom is 0.391 e. The molecule has 8 heteroatoms. The minimum Gasteiger partial charge on any atom is -0.397 e. The van der Waals surface area contributed by atoms with Gasteiger partial charge in [0.25, 0.3) is 5.91 Å². The van der Waals surface area contributed by atoms with E-state index in [0.29, 0.717) is 29.5 Å². The fourth-order valence-electron chi connectivity index (χ4n) is 4.99. The lowest BCUT2D eigenvalue weighted by atomic mass is 9.85. The van der Waals surface area contributed by atoms with E-state index in [1.807, 2.05) is 6.07 Å². The fraction of sp³-hybridized carbons (Fsp3) is 0.682. The molecule has 0 aromatic heterocycles. The Kier molecular flexibility index (Phi) is 5.53. The molecule has 3 aliphatic rings. The molecule has 2 saturated carbocycles. The summed E-state index contributed by atoms with van der Waals surface area (Å²) in [5.41, 5.74) is 9.29. The number of alkyl halides is 3. The predicted octanol–water partition coefficient (Wildman–Crippen LogP) is 4.54. The van der Waals surface area contributed by atoms with E-state index in [0.717, 1.165) is 37.3 Å². The fourth-order valence-corrected chi connectivity index (χ4v) is 4.99. The third-order valence-corrected chi connectivity index (χ3v) is 7.33.